The van der Waals surface area contributed by atoms with Crippen LogP contribution in [-0.4, -0.2) is 32.4 Å². The van der Waals surface area contributed by atoms with Crippen LogP contribution < -0.4 is 5.73 Å². The standard InChI is InChI=1S/C10H15FN2O2S/c1-8(7-12)13(2)16(14,15)10-6-4-3-5-9(10)11/h3-6,8H,7,12H2,1-2H3. The summed E-state index contributed by atoms with van der Waals surface area (Å²) in [6, 6.07) is 4.92. The van der Waals surface area contributed by atoms with Crippen molar-refractivity contribution in [3.63, 3.8) is 0 Å². The normalized spacial score (nSPS) is 14.1. The average Bonchev–Trinajstić information content (AvgIpc) is 2.27. The molecule has 0 bridgehead atoms. The van der Waals surface area contributed by atoms with E-state index < -0.39 is 15.8 Å². The maximum Gasteiger partial charge on any atom is 0.246 e. The molecule has 4 nitrogen and oxygen atoms in total. The molecule has 2 N–H and O–H groups in total. The van der Waals surface area contributed by atoms with E-state index in [4.69, 9.17) is 5.73 Å². The third kappa shape index (κ3) is 2.40. The van der Waals surface area contributed by atoms with Crippen molar-refractivity contribution in [1.29, 1.82) is 0 Å². The quantitative estimate of drug-likeness (QED) is 0.854. The highest BCUT2D eigenvalue weighted by molar-refractivity contribution is 7.89. The van der Waals surface area contributed by atoms with Crippen molar-refractivity contribution in [2.75, 3.05) is 13.6 Å². The number of halogens is 1. The summed E-state index contributed by atoms with van der Waals surface area (Å²) in [6.45, 7) is 1.85. The molecule has 0 heterocycles. The Bertz CT molecular complexity index is 462. The second-order valence-electron chi connectivity index (χ2n) is 3.54. The van der Waals surface area contributed by atoms with Gasteiger partial charge in [0.1, 0.15) is 10.7 Å². The van der Waals surface area contributed by atoms with Crippen LogP contribution in [0.1, 0.15) is 6.92 Å². The van der Waals surface area contributed by atoms with Gasteiger partial charge >= 0.3 is 0 Å². The Balaban J connectivity index is 3.17. The predicted molar refractivity (Wildman–Crippen MR) is 59.9 cm³/mol. The Morgan fingerprint density at radius 1 is 1.44 bits per heavy atom. The largest absolute Gasteiger partial charge is 0.329 e. The summed E-state index contributed by atoms with van der Waals surface area (Å²) in [5.41, 5.74) is 5.39. The molecule has 0 saturated carbocycles. The van der Waals surface area contributed by atoms with Gasteiger partial charge in [0, 0.05) is 19.6 Å². The summed E-state index contributed by atoms with van der Waals surface area (Å²) in [4.78, 5) is -0.321. The van der Waals surface area contributed by atoms with Crippen LogP contribution in [0, 0.1) is 5.82 Å². The third-order valence-corrected chi connectivity index (χ3v) is 4.46. The summed E-state index contributed by atoms with van der Waals surface area (Å²) in [7, 11) is -2.41. The van der Waals surface area contributed by atoms with Crippen molar-refractivity contribution in [2.45, 2.75) is 17.9 Å². The van der Waals surface area contributed by atoms with Crippen LogP contribution in [0.25, 0.3) is 0 Å². The summed E-state index contributed by atoms with van der Waals surface area (Å²) in [5.74, 6) is -0.751. The van der Waals surface area contributed by atoms with Gasteiger partial charge in [0.15, 0.2) is 0 Å². The number of nitrogens with zero attached hydrogens (tertiary/aromatic N) is 1. The lowest BCUT2D eigenvalue weighted by Crippen LogP contribution is -2.39. The molecule has 16 heavy (non-hydrogen) atoms. The van der Waals surface area contributed by atoms with Crippen LogP contribution in [0.5, 0.6) is 0 Å². The summed E-state index contributed by atoms with van der Waals surface area (Å²) in [5, 5.41) is 0. The third-order valence-electron chi connectivity index (χ3n) is 2.46. The minimum absolute atomic E-state index is 0.185. The number of hydrogen-bond donors (Lipinski definition) is 1. The zero-order chi connectivity index (χ0) is 12.3. The van der Waals surface area contributed by atoms with E-state index in [2.05, 4.69) is 0 Å². The molecule has 0 radical (unpaired) electrons. The van der Waals surface area contributed by atoms with Crippen molar-refractivity contribution < 1.29 is 12.8 Å². The molecular weight excluding hydrogens is 231 g/mol. The van der Waals surface area contributed by atoms with Gasteiger partial charge in [0.25, 0.3) is 0 Å². The van der Waals surface area contributed by atoms with Crippen LogP contribution >= 0.6 is 0 Å². The fourth-order valence-corrected chi connectivity index (χ4v) is 2.63. The van der Waals surface area contributed by atoms with E-state index in [0.717, 1.165) is 10.4 Å². The second-order valence-corrected chi connectivity index (χ2v) is 5.50. The first-order valence-electron chi connectivity index (χ1n) is 4.84. The number of likely N-dealkylation sites (N-methyl/N-ethyl adjacent to an activating group) is 1. The Kier molecular flexibility index (Phi) is 4.01. The Labute approximate surface area is 94.9 Å². The molecule has 1 unspecified atom stereocenters. The van der Waals surface area contributed by atoms with Crippen LogP contribution in [-0.2, 0) is 10.0 Å². The first-order valence-corrected chi connectivity index (χ1v) is 6.28. The fourth-order valence-electron chi connectivity index (χ4n) is 1.19. The van der Waals surface area contributed by atoms with Crippen LogP contribution in [0.15, 0.2) is 29.2 Å². The lowest BCUT2D eigenvalue weighted by Gasteiger charge is -2.23. The number of hydrogen-bond acceptors (Lipinski definition) is 3. The number of nitrogens with two attached hydrogens (primary N) is 1. The van der Waals surface area contributed by atoms with Gasteiger partial charge in [-0.25, -0.2) is 12.8 Å². The van der Waals surface area contributed by atoms with E-state index in [1.165, 1.54) is 25.2 Å². The van der Waals surface area contributed by atoms with Crippen molar-refractivity contribution in [2.24, 2.45) is 5.73 Å². The maximum absolute atomic E-state index is 13.4. The Morgan fingerprint density at radius 3 is 2.50 bits per heavy atom. The molecule has 0 aliphatic heterocycles. The van der Waals surface area contributed by atoms with Crippen LogP contribution in [0.4, 0.5) is 4.39 Å². The lowest BCUT2D eigenvalue weighted by atomic mass is 10.3. The van der Waals surface area contributed by atoms with E-state index in [1.807, 2.05) is 0 Å². The van der Waals surface area contributed by atoms with Crippen molar-refractivity contribution in [1.82, 2.24) is 4.31 Å². The average molecular weight is 246 g/mol. The zero-order valence-electron chi connectivity index (χ0n) is 9.22. The highest BCUT2D eigenvalue weighted by Gasteiger charge is 2.26. The molecule has 0 spiro atoms. The van der Waals surface area contributed by atoms with E-state index in [9.17, 15) is 12.8 Å². The van der Waals surface area contributed by atoms with Gasteiger partial charge < -0.3 is 5.73 Å². The minimum atomic E-state index is -3.80. The summed E-state index contributed by atoms with van der Waals surface area (Å²) >= 11 is 0. The molecule has 0 aliphatic carbocycles. The zero-order valence-corrected chi connectivity index (χ0v) is 10.0. The van der Waals surface area contributed by atoms with Crippen molar-refractivity contribution in [3.05, 3.63) is 30.1 Å². The predicted octanol–water partition coefficient (Wildman–Crippen LogP) is 0.793. The fraction of sp³-hybridized carbons (Fsp3) is 0.400. The first kappa shape index (κ1) is 13.1. The van der Waals surface area contributed by atoms with Gasteiger partial charge in [-0.2, -0.15) is 4.31 Å². The molecule has 6 heteroatoms. The van der Waals surface area contributed by atoms with E-state index in [-0.39, 0.29) is 17.5 Å². The smallest absolute Gasteiger partial charge is 0.246 e. The van der Waals surface area contributed by atoms with Crippen molar-refractivity contribution in [3.8, 4) is 0 Å². The monoisotopic (exact) mass is 246 g/mol. The SMILES string of the molecule is CC(CN)N(C)S(=O)(=O)c1ccccc1F. The lowest BCUT2D eigenvalue weighted by molar-refractivity contribution is 0.391. The Morgan fingerprint density at radius 2 is 2.00 bits per heavy atom. The molecule has 0 amide bonds. The van der Waals surface area contributed by atoms with E-state index in [0.29, 0.717) is 0 Å². The summed E-state index contributed by atoms with van der Waals surface area (Å²) in [6.07, 6.45) is 0. The van der Waals surface area contributed by atoms with Gasteiger partial charge in [0.05, 0.1) is 0 Å². The minimum Gasteiger partial charge on any atom is -0.329 e. The number of sulfonamides is 1. The molecule has 0 fully saturated rings. The molecule has 1 aromatic rings. The summed E-state index contributed by atoms with van der Waals surface area (Å²) < 4.78 is 38.4. The van der Waals surface area contributed by atoms with Gasteiger partial charge in [-0.15, -0.1) is 0 Å². The van der Waals surface area contributed by atoms with Gasteiger partial charge in [0.2, 0.25) is 10.0 Å². The molecular formula is C10H15FN2O2S. The van der Waals surface area contributed by atoms with Gasteiger partial charge in [-0.3, -0.25) is 0 Å². The number of rotatable bonds is 4. The molecule has 1 rings (SSSR count). The highest BCUT2D eigenvalue weighted by Crippen LogP contribution is 2.18. The van der Waals surface area contributed by atoms with Gasteiger partial charge in [-0.05, 0) is 19.1 Å². The number of benzene rings is 1. The van der Waals surface area contributed by atoms with E-state index in [1.54, 1.807) is 6.92 Å². The molecule has 0 aromatic heterocycles. The molecule has 1 aromatic carbocycles. The Hall–Kier alpha value is -0.980. The molecule has 0 saturated heterocycles. The van der Waals surface area contributed by atoms with E-state index >= 15 is 0 Å². The topological polar surface area (TPSA) is 63.4 Å². The van der Waals surface area contributed by atoms with Crippen molar-refractivity contribution >= 4 is 10.0 Å². The molecule has 1 atom stereocenters. The molecule has 0 aliphatic rings. The van der Waals surface area contributed by atoms with Crippen LogP contribution in [0.2, 0.25) is 0 Å². The van der Waals surface area contributed by atoms with Gasteiger partial charge in [-0.1, -0.05) is 12.1 Å². The second kappa shape index (κ2) is 4.90. The van der Waals surface area contributed by atoms with Crippen LogP contribution in [0.3, 0.4) is 0 Å². The maximum atomic E-state index is 13.4. The highest BCUT2D eigenvalue weighted by atomic mass is 32.2. The first-order chi connectivity index (χ1) is 7.41. The molecule has 90 valence electrons.